The molecule has 26 heavy (non-hydrogen) atoms. The van der Waals surface area contributed by atoms with Crippen molar-refractivity contribution in [3.05, 3.63) is 75.2 Å². The van der Waals surface area contributed by atoms with Crippen LogP contribution in [0.15, 0.2) is 48.5 Å². The topological polar surface area (TPSA) is 51.2 Å². The Morgan fingerprint density at radius 1 is 1.08 bits per heavy atom. The van der Waals surface area contributed by atoms with Crippen molar-refractivity contribution in [2.24, 2.45) is 0 Å². The highest BCUT2D eigenvalue weighted by Crippen LogP contribution is 2.44. The van der Waals surface area contributed by atoms with Crippen LogP contribution in [0.1, 0.15) is 45.6 Å². The van der Waals surface area contributed by atoms with E-state index in [1.165, 1.54) is 0 Å². The van der Waals surface area contributed by atoms with Crippen LogP contribution in [0.2, 0.25) is 0 Å². The van der Waals surface area contributed by atoms with Gasteiger partial charge in [0.1, 0.15) is 11.5 Å². The molecule has 3 aromatic rings. The first-order valence-corrected chi connectivity index (χ1v) is 9.46. The average Bonchev–Trinajstić information content (AvgIpc) is 2.97. The van der Waals surface area contributed by atoms with Crippen LogP contribution in [0.25, 0.3) is 0 Å². The van der Waals surface area contributed by atoms with E-state index in [0.717, 1.165) is 38.2 Å². The van der Waals surface area contributed by atoms with Gasteiger partial charge in [0.15, 0.2) is 0 Å². The number of amides is 1. The van der Waals surface area contributed by atoms with Crippen LogP contribution in [0, 0.1) is 13.8 Å². The van der Waals surface area contributed by atoms with Gasteiger partial charge in [-0.25, -0.2) is 4.98 Å². The third kappa shape index (κ3) is 2.88. The fourth-order valence-electron chi connectivity index (χ4n) is 3.50. The van der Waals surface area contributed by atoms with Crippen LogP contribution in [-0.2, 0) is 4.79 Å². The fraction of sp³-hybridized carbons (Fsp3) is 0.238. The molecule has 4 nitrogen and oxygen atoms in total. The third-order valence-electron chi connectivity index (χ3n) is 4.63. The lowest BCUT2D eigenvalue weighted by Gasteiger charge is -2.28. The lowest BCUT2D eigenvalue weighted by Crippen LogP contribution is -2.33. The molecular weight excluding hydrogens is 344 g/mol. The number of aryl methyl sites for hydroxylation is 2. The molecule has 0 saturated heterocycles. The molecule has 1 N–H and O–H groups in total. The minimum Gasteiger partial charge on any atom is -0.457 e. The maximum atomic E-state index is 13.2. The van der Waals surface area contributed by atoms with Gasteiger partial charge >= 0.3 is 0 Å². The predicted octanol–water partition coefficient (Wildman–Crippen LogP) is 4.87. The molecule has 2 aromatic carbocycles. The van der Waals surface area contributed by atoms with Gasteiger partial charge in [0, 0.05) is 16.0 Å². The van der Waals surface area contributed by atoms with Gasteiger partial charge in [-0.15, -0.1) is 11.3 Å². The minimum absolute atomic E-state index is 0.0221. The number of nitrogens with zero attached hydrogens (tertiary/aromatic N) is 1. The number of hydrogen-bond donors (Lipinski definition) is 1. The van der Waals surface area contributed by atoms with E-state index in [1.54, 1.807) is 11.3 Å². The normalized spacial score (nSPS) is 14.1. The summed E-state index contributed by atoms with van der Waals surface area (Å²) < 4.78 is 5.98. The number of fused-ring (bicyclic) bond motifs is 2. The number of carbonyl (C=O) groups excluding carboxylic acids is 1. The number of carbonyl (C=O) groups is 1. The summed E-state index contributed by atoms with van der Waals surface area (Å²) in [5.74, 6) is 1.08. The highest BCUT2D eigenvalue weighted by atomic mass is 32.1. The van der Waals surface area contributed by atoms with Crippen molar-refractivity contribution < 1.29 is 9.53 Å². The summed E-state index contributed by atoms with van der Waals surface area (Å²) in [4.78, 5) is 18.8. The molecule has 4 rings (SSSR count). The van der Waals surface area contributed by atoms with Gasteiger partial charge in [0.05, 0.1) is 22.7 Å². The van der Waals surface area contributed by atoms with Crippen LogP contribution in [0.3, 0.4) is 0 Å². The molecule has 0 radical (unpaired) electrons. The summed E-state index contributed by atoms with van der Waals surface area (Å²) in [5, 5.41) is 4.19. The average molecular weight is 364 g/mol. The zero-order valence-electron chi connectivity index (χ0n) is 14.9. The summed E-state index contributed by atoms with van der Waals surface area (Å²) in [6.07, 6.45) is 0. The first kappa shape index (κ1) is 16.8. The summed E-state index contributed by atoms with van der Waals surface area (Å²) in [6, 6.07) is 15.4. The van der Waals surface area contributed by atoms with Crippen molar-refractivity contribution in [2.75, 3.05) is 0 Å². The Kier molecular flexibility index (Phi) is 4.24. The van der Waals surface area contributed by atoms with Gasteiger partial charge in [0.2, 0.25) is 5.91 Å². The molecule has 132 valence electrons. The third-order valence-corrected chi connectivity index (χ3v) is 5.89. The Morgan fingerprint density at radius 2 is 1.65 bits per heavy atom. The highest BCUT2D eigenvalue weighted by Gasteiger charge is 2.33. The number of ether oxygens (including phenoxy) is 1. The number of hydrogen-bond acceptors (Lipinski definition) is 4. The van der Waals surface area contributed by atoms with Crippen molar-refractivity contribution in [1.82, 2.24) is 10.3 Å². The Balaban J connectivity index is 1.68. The van der Waals surface area contributed by atoms with Gasteiger partial charge in [-0.1, -0.05) is 36.4 Å². The molecule has 0 fully saturated rings. The van der Waals surface area contributed by atoms with Crippen LogP contribution >= 0.6 is 11.3 Å². The zero-order chi connectivity index (χ0) is 18.3. The van der Waals surface area contributed by atoms with Gasteiger partial charge in [-0.2, -0.15) is 0 Å². The van der Waals surface area contributed by atoms with E-state index in [4.69, 9.17) is 4.74 Å². The molecule has 0 bridgehead atoms. The Morgan fingerprint density at radius 3 is 2.19 bits per heavy atom. The molecule has 1 aliphatic rings. The van der Waals surface area contributed by atoms with E-state index >= 15 is 0 Å². The first-order chi connectivity index (χ1) is 12.5. The molecule has 1 atom stereocenters. The van der Waals surface area contributed by atoms with Crippen LogP contribution in [0.5, 0.6) is 11.5 Å². The van der Waals surface area contributed by atoms with Gasteiger partial charge in [0.25, 0.3) is 0 Å². The SMILES string of the molecule is Cc1nc(C)c([C@H](C)NC(=O)C2c3ccccc3Oc3ccccc32)s1. The predicted molar refractivity (Wildman–Crippen MR) is 103 cm³/mol. The maximum Gasteiger partial charge on any atom is 0.232 e. The summed E-state index contributed by atoms with van der Waals surface area (Å²) >= 11 is 1.63. The fourth-order valence-corrected chi connectivity index (χ4v) is 4.43. The second-order valence-electron chi connectivity index (χ2n) is 6.52. The lowest BCUT2D eigenvalue weighted by molar-refractivity contribution is -0.122. The summed E-state index contributed by atoms with van der Waals surface area (Å²) in [6.45, 7) is 5.98. The molecule has 2 heterocycles. The number of aromatic nitrogens is 1. The number of nitrogens with one attached hydrogen (secondary N) is 1. The largest absolute Gasteiger partial charge is 0.457 e. The van der Waals surface area contributed by atoms with Crippen molar-refractivity contribution in [1.29, 1.82) is 0 Å². The molecule has 0 spiro atoms. The molecule has 5 heteroatoms. The van der Waals surface area contributed by atoms with Gasteiger partial charge < -0.3 is 10.1 Å². The van der Waals surface area contributed by atoms with E-state index in [1.807, 2.05) is 69.3 Å². The molecule has 1 amide bonds. The van der Waals surface area contributed by atoms with Crippen LogP contribution in [-0.4, -0.2) is 10.9 Å². The van der Waals surface area contributed by atoms with Crippen molar-refractivity contribution in [3.8, 4) is 11.5 Å². The minimum atomic E-state index is -0.382. The molecule has 0 unspecified atom stereocenters. The number of para-hydroxylation sites is 2. The quantitative estimate of drug-likeness (QED) is 0.721. The molecule has 0 aliphatic carbocycles. The van der Waals surface area contributed by atoms with E-state index in [9.17, 15) is 4.79 Å². The van der Waals surface area contributed by atoms with E-state index in [2.05, 4.69) is 10.3 Å². The molecule has 1 aromatic heterocycles. The van der Waals surface area contributed by atoms with E-state index < -0.39 is 0 Å². The molecular formula is C21H20N2O2S. The number of rotatable bonds is 3. The summed E-state index contributed by atoms with van der Waals surface area (Å²) in [5.41, 5.74) is 2.77. The van der Waals surface area contributed by atoms with Crippen molar-refractivity contribution in [3.63, 3.8) is 0 Å². The van der Waals surface area contributed by atoms with Crippen LogP contribution < -0.4 is 10.1 Å². The Bertz CT molecular complexity index is 934. The van der Waals surface area contributed by atoms with Crippen molar-refractivity contribution in [2.45, 2.75) is 32.7 Å². The maximum absolute atomic E-state index is 13.2. The van der Waals surface area contributed by atoms with Gasteiger partial charge in [-0.3, -0.25) is 4.79 Å². The van der Waals surface area contributed by atoms with Crippen molar-refractivity contribution >= 4 is 17.2 Å². The smallest absolute Gasteiger partial charge is 0.232 e. The first-order valence-electron chi connectivity index (χ1n) is 8.64. The highest BCUT2D eigenvalue weighted by molar-refractivity contribution is 7.11. The van der Waals surface area contributed by atoms with E-state index in [-0.39, 0.29) is 17.9 Å². The Hall–Kier alpha value is -2.66. The summed E-state index contributed by atoms with van der Waals surface area (Å²) in [7, 11) is 0. The van der Waals surface area contributed by atoms with Crippen LogP contribution in [0.4, 0.5) is 0 Å². The number of benzene rings is 2. The van der Waals surface area contributed by atoms with E-state index in [0.29, 0.717) is 0 Å². The Labute approximate surface area is 156 Å². The second-order valence-corrected chi connectivity index (χ2v) is 7.76. The molecule has 1 aliphatic heterocycles. The lowest BCUT2D eigenvalue weighted by atomic mass is 9.87. The number of thiazole rings is 1. The zero-order valence-corrected chi connectivity index (χ0v) is 15.8. The molecule has 0 saturated carbocycles. The second kappa shape index (κ2) is 6.57. The standard InChI is InChI=1S/C21H20N2O2S/c1-12-20(26-14(3)22-12)13(2)23-21(24)19-15-8-4-6-10-17(15)25-18-11-7-5-9-16(18)19/h4-11,13,19H,1-3H3,(H,23,24)/t13-/m0/s1. The van der Waals surface area contributed by atoms with Gasteiger partial charge in [-0.05, 0) is 32.9 Å². The monoisotopic (exact) mass is 364 g/mol.